The van der Waals surface area contributed by atoms with Gasteiger partial charge < -0.3 is 9.42 Å². The summed E-state index contributed by atoms with van der Waals surface area (Å²) in [6, 6.07) is 0.252. The number of aromatic nitrogens is 3. The van der Waals surface area contributed by atoms with Gasteiger partial charge in [-0.1, -0.05) is 12.1 Å². The summed E-state index contributed by atoms with van der Waals surface area (Å²) in [5.74, 6) is 1.03. The number of hydrogen-bond acceptors (Lipinski definition) is 6. The van der Waals surface area contributed by atoms with Crippen molar-refractivity contribution in [3.05, 3.63) is 41.3 Å². The van der Waals surface area contributed by atoms with Gasteiger partial charge in [0.1, 0.15) is 12.1 Å². The number of carbonyl (C=O) groups excluding carboxylic acids is 1. The van der Waals surface area contributed by atoms with Crippen LogP contribution in [0.1, 0.15) is 55.7 Å². The largest absolute Gasteiger partial charge is 0.361 e. The molecule has 1 fully saturated rings. The average molecular weight is 371 g/mol. The second-order valence-corrected chi connectivity index (χ2v) is 7.27. The second-order valence-electron chi connectivity index (χ2n) is 7.27. The lowest BCUT2D eigenvalue weighted by Crippen LogP contribution is -2.39. The molecule has 7 heteroatoms. The Morgan fingerprint density at radius 2 is 2.07 bits per heavy atom. The van der Waals surface area contributed by atoms with Crippen molar-refractivity contribution in [3.8, 4) is 0 Å². The number of rotatable bonds is 6. The van der Waals surface area contributed by atoms with E-state index in [2.05, 4.69) is 26.9 Å². The first kappa shape index (κ1) is 19.5. The molecule has 1 amide bonds. The molecular weight excluding hydrogens is 342 g/mol. The molecule has 2 aromatic rings. The summed E-state index contributed by atoms with van der Waals surface area (Å²) in [4.78, 5) is 24.8. The number of carbonyl (C=O) groups is 1. The number of aryl methyl sites for hydroxylation is 2. The first-order chi connectivity index (χ1) is 13.1. The molecule has 7 nitrogen and oxygen atoms in total. The van der Waals surface area contributed by atoms with Gasteiger partial charge in [0, 0.05) is 56.1 Å². The van der Waals surface area contributed by atoms with Crippen LogP contribution in [0.3, 0.4) is 0 Å². The van der Waals surface area contributed by atoms with E-state index in [1.165, 1.54) is 11.9 Å². The van der Waals surface area contributed by atoms with Crippen molar-refractivity contribution < 1.29 is 9.32 Å². The van der Waals surface area contributed by atoms with Crippen molar-refractivity contribution in [3.63, 3.8) is 0 Å². The molecular formula is C20H29N5O2. The molecule has 1 aliphatic heterocycles. The van der Waals surface area contributed by atoms with Gasteiger partial charge in [-0.25, -0.2) is 9.97 Å². The highest BCUT2D eigenvalue weighted by molar-refractivity contribution is 5.73. The molecule has 0 aliphatic carbocycles. The third-order valence-corrected chi connectivity index (χ3v) is 5.39. The molecule has 3 rings (SSSR count). The smallest absolute Gasteiger partial charge is 0.219 e. The summed E-state index contributed by atoms with van der Waals surface area (Å²) < 4.78 is 5.38. The lowest BCUT2D eigenvalue weighted by Gasteiger charge is -2.30. The molecule has 27 heavy (non-hydrogen) atoms. The van der Waals surface area contributed by atoms with Crippen molar-refractivity contribution >= 4 is 5.91 Å². The van der Waals surface area contributed by atoms with Crippen LogP contribution in [0.2, 0.25) is 0 Å². The van der Waals surface area contributed by atoms with Crippen LogP contribution < -0.4 is 0 Å². The molecule has 0 bridgehead atoms. The molecule has 1 unspecified atom stereocenters. The van der Waals surface area contributed by atoms with E-state index in [4.69, 9.17) is 4.52 Å². The van der Waals surface area contributed by atoms with E-state index in [9.17, 15) is 4.79 Å². The summed E-state index contributed by atoms with van der Waals surface area (Å²) in [6.07, 6.45) is 9.04. The highest BCUT2D eigenvalue weighted by Crippen LogP contribution is 2.22. The zero-order valence-corrected chi connectivity index (χ0v) is 16.5. The first-order valence-electron chi connectivity index (χ1n) is 9.76. The fraction of sp³-hybridized carbons (Fsp3) is 0.600. The zero-order valence-electron chi connectivity index (χ0n) is 16.5. The van der Waals surface area contributed by atoms with Gasteiger partial charge in [-0.3, -0.25) is 9.69 Å². The van der Waals surface area contributed by atoms with Crippen molar-refractivity contribution in [2.24, 2.45) is 0 Å². The molecule has 1 saturated heterocycles. The monoisotopic (exact) mass is 371 g/mol. The van der Waals surface area contributed by atoms with Crippen molar-refractivity contribution in [1.29, 1.82) is 0 Å². The first-order valence-corrected chi connectivity index (χ1v) is 9.76. The molecule has 0 saturated carbocycles. The number of nitrogens with zero attached hydrogens (tertiary/aromatic N) is 5. The van der Waals surface area contributed by atoms with Crippen LogP contribution in [0.4, 0.5) is 0 Å². The second kappa shape index (κ2) is 9.08. The van der Waals surface area contributed by atoms with Crippen molar-refractivity contribution in [1.82, 2.24) is 24.9 Å². The van der Waals surface area contributed by atoms with Gasteiger partial charge in [0.05, 0.1) is 5.69 Å². The molecule has 0 aromatic carbocycles. The van der Waals surface area contributed by atoms with E-state index in [-0.39, 0.29) is 11.9 Å². The van der Waals surface area contributed by atoms with Gasteiger partial charge in [0.15, 0.2) is 0 Å². The van der Waals surface area contributed by atoms with E-state index < -0.39 is 0 Å². The Hall–Kier alpha value is -2.28. The van der Waals surface area contributed by atoms with Crippen LogP contribution in [0.15, 0.2) is 23.2 Å². The predicted octanol–water partition coefficient (Wildman–Crippen LogP) is 2.74. The SMILES string of the molecule is CCc1noc(C)c1CN1CCCC(N(Cc2cncnc2)C(C)=O)CC1. The molecule has 3 heterocycles. The molecule has 0 N–H and O–H groups in total. The topological polar surface area (TPSA) is 75.4 Å². The highest BCUT2D eigenvalue weighted by Gasteiger charge is 2.26. The van der Waals surface area contributed by atoms with E-state index in [1.54, 1.807) is 19.3 Å². The molecule has 146 valence electrons. The maximum atomic E-state index is 12.3. The minimum Gasteiger partial charge on any atom is -0.361 e. The summed E-state index contributed by atoms with van der Waals surface area (Å²) in [5, 5.41) is 4.17. The van der Waals surface area contributed by atoms with E-state index >= 15 is 0 Å². The number of hydrogen-bond donors (Lipinski definition) is 0. The summed E-state index contributed by atoms with van der Waals surface area (Å²) >= 11 is 0. The summed E-state index contributed by atoms with van der Waals surface area (Å²) in [7, 11) is 0. The number of amides is 1. The van der Waals surface area contributed by atoms with Crippen molar-refractivity contribution in [2.45, 2.75) is 65.6 Å². The van der Waals surface area contributed by atoms with Gasteiger partial charge in [-0.2, -0.15) is 0 Å². The molecule has 2 aromatic heterocycles. The Morgan fingerprint density at radius 1 is 1.30 bits per heavy atom. The van der Waals surface area contributed by atoms with Gasteiger partial charge in [-0.15, -0.1) is 0 Å². The number of likely N-dealkylation sites (tertiary alicyclic amines) is 1. The maximum absolute atomic E-state index is 12.3. The van der Waals surface area contributed by atoms with Crippen LogP contribution in [0.25, 0.3) is 0 Å². The van der Waals surface area contributed by atoms with Crippen LogP contribution in [-0.4, -0.2) is 50.0 Å². The summed E-state index contributed by atoms with van der Waals surface area (Å²) in [6.45, 7) is 9.20. The van der Waals surface area contributed by atoms with Crippen LogP contribution in [0, 0.1) is 6.92 Å². The third-order valence-electron chi connectivity index (χ3n) is 5.39. The normalized spacial score (nSPS) is 18.3. The fourth-order valence-corrected chi connectivity index (χ4v) is 3.85. The summed E-state index contributed by atoms with van der Waals surface area (Å²) in [5.41, 5.74) is 3.25. The van der Waals surface area contributed by atoms with Crippen LogP contribution in [-0.2, 0) is 24.3 Å². The van der Waals surface area contributed by atoms with Gasteiger partial charge >= 0.3 is 0 Å². The van der Waals surface area contributed by atoms with Crippen molar-refractivity contribution in [2.75, 3.05) is 13.1 Å². The third kappa shape index (κ3) is 4.91. The van der Waals surface area contributed by atoms with Gasteiger partial charge in [-0.05, 0) is 39.2 Å². The Labute approximate surface area is 160 Å². The minimum absolute atomic E-state index is 0.112. The fourth-order valence-electron chi connectivity index (χ4n) is 3.85. The van der Waals surface area contributed by atoms with Crippen LogP contribution in [0.5, 0.6) is 0 Å². The molecule has 0 spiro atoms. The maximum Gasteiger partial charge on any atom is 0.219 e. The Balaban J connectivity index is 1.64. The quantitative estimate of drug-likeness (QED) is 0.777. The Morgan fingerprint density at radius 3 is 2.78 bits per heavy atom. The lowest BCUT2D eigenvalue weighted by atomic mass is 10.1. The Kier molecular flexibility index (Phi) is 6.55. The molecule has 1 atom stereocenters. The Bertz CT molecular complexity index is 746. The average Bonchev–Trinajstić information content (AvgIpc) is 2.87. The van der Waals surface area contributed by atoms with E-state index in [0.717, 1.165) is 62.3 Å². The zero-order chi connectivity index (χ0) is 19.2. The van der Waals surface area contributed by atoms with E-state index in [0.29, 0.717) is 6.54 Å². The minimum atomic E-state index is 0.112. The highest BCUT2D eigenvalue weighted by atomic mass is 16.5. The van der Waals surface area contributed by atoms with Gasteiger partial charge in [0.25, 0.3) is 0 Å². The van der Waals surface area contributed by atoms with Crippen LogP contribution >= 0.6 is 0 Å². The lowest BCUT2D eigenvalue weighted by molar-refractivity contribution is -0.132. The predicted molar refractivity (Wildman–Crippen MR) is 102 cm³/mol. The molecule has 0 radical (unpaired) electrons. The van der Waals surface area contributed by atoms with Gasteiger partial charge in [0.2, 0.25) is 5.91 Å². The van der Waals surface area contributed by atoms with E-state index in [1.807, 2.05) is 11.8 Å². The standard InChI is InChI=1S/C20H29N5O2/c1-4-20-19(15(2)27-23-20)13-24-8-5-6-18(7-9-24)25(16(3)26)12-17-10-21-14-22-11-17/h10-11,14,18H,4-9,12-13H2,1-3H3. The molecule has 1 aliphatic rings.